The lowest BCUT2D eigenvalue weighted by Gasteiger charge is -2.29. The van der Waals surface area contributed by atoms with Gasteiger partial charge in [-0.3, -0.25) is 4.79 Å². The summed E-state index contributed by atoms with van der Waals surface area (Å²) in [5, 5.41) is 0. The van der Waals surface area contributed by atoms with Crippen molar-refractivity contribution in [1.29, 1.82) is 0 Å². The summed E-state index contributed by atoms with van der Waals surface area (Å²) in [5.74, 6) is 0.620. The molecule has 0 aromatic heterocycles. The predicted molar refractivity (Wildman–Crippen MR) is 135 cm³/mol. The number of carbonyl (C=O) groups excluding carboxylic acids is 1. The van der Waals surface area contributed by atoms with Gasteiger partial charge in [-0.15, -0.1) is 0 Å². The molecule has 11 heteroatoms. The van der Waals surface area contributed by atoms with Crippen LogP contribution in [0.5, 0.6) is 17.2 Å². The van der Waals surface area contributed by atoms with E-state index in [0.29, 0.717) is 35.1 Å². The second kappa shape index (κ2) is 11.8. The first-order chi connectivity index (χ1) is 17.9. The average molecular weight is 552 g/mol. The van der Waals surface area contributed by atoms with E-state index in [4.69, 9.17) is 13.7 Å². The summed E-state index contributed by atoms with van der Waals surface area (Å²) in [7, 11) is -1.52. The Morgan fingerprint density at radius 3 is 2.05 bits per heavy atom. The first-order valence-electron chi connectivity index (χ1n) is 11.6. The van der Waals surface area contributed by atoms with E-state index in [1.807, 2.05) is 13.8 Å². The number of nitrogens with zero attached hydrogens (tertiary/aromatic N) is 1. The van der Waals surface area contributed by atoms with Crippen molar-refractivity contribution >= 4 is 16.0 Å². The number of halogens is 3. The van der Waals surface area contributed by atoms with Gasteiger partial charge in [0.2, 0.25) is 0 Å². The van der Waals surface area contributed by atoms with Crippen LogP contribution < -0.4 is 13.7 Å². The van der Waals surface area contributed by atoms with Crippen molar-refractivity contribution in [3.8, 4) is 17.2 Å². The third-order valence-electron chi connectivity index (χ3n) is 5.91. The number of alkyl halides is 3. The molecule has 0 aliphatic carbocycles. The van der Waals surface area contributed by atoms with Gasteiger partial charge < -0.3 is 18.6 Å². The number of hydrogen-bond donors (Lipinski definition) is 0. The van der Waals surface area contributed by atoms with Crippen LogP contribution in [0.15, 0.2) is 71.6 Å². The molecule has 0 saturated carbocycles. The SMILES string of the molecule is CCC(C)N(Cc1ccc(OS(=O)(=O)c2cccc(C(F)(F)F)c2)cc1)C(=O)c1cc(OC)cc(OC)c1. The number of hydrogen-bond acceptors (Lipinski definition) is 6. The molecule has 204 valence electrons. The molecule has 0 radical (unpaired) electrons. The Bertz CT molecular complexity index is 1350. The van der Waals surface area contributed by atoms with E-state index in [0.717, 1.165) is 18.2 Å². The molecule has 38 heavy (non-hydrogen) atoms. The highest BCUT2D eigenvalue weighted by atomic mass is 32.2. The fourth-order valence-corrected chi connectivity index (χ4v) is 4.57. The van der Waals surface area contributed by atoms with Gasteiger partial charge in [0.25, 0.3) is 5.91 Å². The molecule has 1 unspecified atom stereocenters. The third-order valence-corrected chi connectivity index (χ3v) is 7.16. The standard InChI is InChI=1S/C27H28F3NO6S/c1-5-18(2)31(26(32)20-13-23(35-3)16-24(14-20)36-4)17-19-9-11-22(12-10-19)37-38(33,34)25-8-6-7-21(15-25)27(28,29)30/h6-16,18H,5,17H2,1-4H3. The van der Waals surface area contributed by atoms with E-state index < -0.39 is 26.8 Å². The molecule has 0 aliphatic heterocycles. The van der Waals surface area contributed by atoms with E-state index in [1.165, 1.54) is 26.4 Å². The van der Waals surface area contributed by atoms with Gasteiger partial charge in [0, 0.05) is 24.2 Å². The normalized spacial score (nSPS) is 12.5. The molecule has 3 aromatic carbocycles. The maximum Gasteiger partial charge on any atom is 0.416 e. The number of methoxy groups -OCH3 is 2. The van der Waals surface area contributed by atoms with Crippen LogP contribution in [0.2, 0.25) is 0 Å². The molecule has 0 aliphatic rings. The van der Waals surface area contributed by atoms with Gasteiger partial charge in [0.05, 0.1) is 19.8 Å². The molecule has 0 spiro atoms. The Labute approximate surface area is 219 Å². The predicted octanol–water partition coefficient (Wildman–Crippen LogP) is 5.93. The number of amides is 1. The first kappa shape index (κ1) is 28.8. The Morgan fingerprint density at radius 2 is 1.53 bits per heavy atom. The fourth-order valence-electron chi connectivity index (χ4n) is 3.59. The molecule has 0 N–H and O–H groups in total. The van der Waals surface area contributed by atoms with Gasteiger partial charge >= 0.3 is 16.3 Å². The highest BCUT2D eigenvalue weighted by Crippen LogP contribution is 2.31. The van der Waals surface area contributed by atoms with Crippen LogP contribution in [0, 0.1) is 0 Å². The zero-order chi connectivity index (χ0) is 28.1. The second-order valence-electron chi connectivity index (χ2n) is 8.50. The quantitative estimate of drug-likeness (QED) is 0.291. The van der Waals surface area contributed by atoms with Gasteiger partial charge in [-0.25, -0.2) is 0 Å². The Hall–Kier alpha value is -3.73. The second-order valence-corrected chi connectivity index (χ2v) is 10.0. The van der Waals surface area contributed by atoms with E-state index in [2.05, 4.69) is 0 Å². The molecule has 0 heterocycles. The summed E-state index contributed by atoms with van der Waals surface area (Å²) < 4.78 is 79.6. The average Bonchev–Trinajstić information content (AvgIpc) is 2.90. The van der Waals surface area contributed by atoms with Gasteiger partial charge in [-0.05, 0) is 61.4 Å². The summed E-state index contributed by atoms with van der Waals surface area (Å²) in [6, 6.07) is 14.1. The lowest BCUT2D eigenvalue weighted by atomic mass is 10.1. The molecule has 0 saturated heterocycles. The van der Waals surface area contributed by atoms with Crippen LogP contribution in [-0.2, 0) is 22.8 Å². The highest BCUT2D eigenvalue weighted by molar-refractivity contribution is 7.87. The summed E-state index contributed by atoms with van der Waals surface area (Å²) in [6.07, 6.45) is -4.01. The minimum absolute atomic E-state index is 0.0786. The molecule has 0 fully saturated rings. The molecule has 1 amide bonds. The molecular formula is C27H28F3NO6S. The van der Waals surface area contributed by atoms with Crippen LogP contribution in [0.4, 0.5) is 13.2 Å². The topological polar surface area (TPSA) is 82.1 Å². The molecular weight excluding hydrogens is 523 g/mol. The number of carbonyl (C=O) groups is 1. The Kier molecular flexibility index (Phi) is 8.93. The van der Waals surface area contributed by atoms with Crippen molar-refractivity contribution in [2.24, 2.45) is 0 Å². The zero-order valence-electron chi connectivity index (χ0n) is 21.3. The van der Waals surface area contributed by atoms with Gasteiger partial charge in [0.1, 0.15) is 22.1 Å². The summed E-state index contributed by atoms with van der Waals surface area (Å²) >= 11 is 0. The lowest BCUT2D eigenvalue weighted by Crippen LogP contribution is -2.37. The van der Waals surface area contributed by atoms with Crippen LogP contribution in [0.25, 0.3) is 0 Å². The summed E-state index contributed by atoms with van der Waals surface area (Å²) in [5.41, 5.74) is -0.0213. The van der Waals surface area contributed by atoms with Crippen molar-refractivity contribution in [1.82, 2.24) is 4.90 Å². The van der Waals surface area contributed by atoms with Gasteiger partial charge in [0.15, 0.2) is 0 Å². The number of rotatable bonds is 10. The molecule has 7 nitrogen and oxygen atoms in total. The largest absolute Gasteiger partial charge is 0.497 e. The van der Waals surface area contributed by atoms with Gasteiger partial charge in [-0.1, -0.05) is 25.1 Å². The summed E-state index contributed by atoms with van der Waals surface area (Å²) in [6.45, 7) is 4.08. The van der Waals surface area contributed by atoms with Crippen molar-refractivity contribution < 1.29 is 40.0 Å². The van der Waals surface area contributed by atoms with E-state index in [1.54, 1.807) is 35.2 Å². The first-order valence-corrected chi connectivity index (χ1v) is 13.0. The van der Waals surface area contributed by atoms with Crippen molar-refractivity contribution in [2.45, 2.75) is 43.9 Å². The van der Waals surface area contributed by atoms with E-state index in [9.17, 15) is 26.4 Å². The molecule has 3 aromatic rings. The van der Waals surface area contributed by atoms with Crippen molar-refractivity contribution in [2.75, 3.05) is 14.2 Å². The minimum atomic E-state index is -4.69. The summed E-state index contributed by atoms with van der Waals surface area (Å²) in [4.78, 5) is 14.5. The molecule has 1 atom stereocenters. The van der Waals surface area contributed by atoms with Crippen LogP contribution >= 0.6 is 0 Å². The Balaban J connectivity index is 1.81. The van der Waals surface area contributed by atoms with Crippen molar-refractivity contribution in [3.05, 3.63) is 83.4 Å². The van der Waals surface area contributed by atoms with Crippen LogP contribution in [0.3, 0.4) is 0 Å². The Morgan fingerprint density at radius 1 is 0.921 bits per heavy atom. The van der Waals surface area contributed by atoms with Gasteiger partial charge in [-0.2, -0.15) is 21.6 Å². The van der Waals surface area contributed by atoms with E-state index >= 15 is 0 Å². The molecule has 3 rings (SSSR count). The van der Waals surface area contributed by atoms with Crippen LogP contribution in [0.1, 0.15) is 41.8 Å². The molecule has 0 bridgehead atoms. The smallest absolute Gasteiger partial charge is 0.416 e. The number of ether oxygens (including phenoxy) is 2. The maximum atomic E-state index is 13.4. The monoisotopic (exact) mass is 551 g/mol. The fraction of sp³-hybridized carbons (Fsp3) is 0.296. The zero-order valence-corrected chi connectivity index (χ0v) is 22.1. The minimum Gasteiger partial charge on any atom is -0.497 e. The maximum absolute atomic E-state index is 13.4. The highest BCUT2D eigenvalue weighted by Gasteiger charge is 2.32. The van der Waals surface area contributed by atoms with Crippen LogP contribution in [-0.4, -0.2) is 39.5 Å². The number of benzene rings is 3. The van der Waals surface area contributed by atoms with E-state index in [-0.39, 0.29) is 24.2 Å². The third kappa shape index (κ3) is 6.97. The lowest BCUT2D eigenvalue weighted by molar-refractivity contribution is -0.137. The van der Waals surface area contributed by atoms with Crippen molar-refractivity contribution in [3.63, 3.8) is 0 Å².